The van der Waals surface area contributed by atoms with E-state index in [0.29, 0.717) is 18.0 Å². The van der Waals surface area contributed by atoms with Crippen LogP contribution in [-0.4, -0.2) is 27.0 Å². The summed E-state index contributed by atoms with van der Waals surface area (Å²) >= 11 is 0. The molecule has 26 heavy (non-hydrogen) atoms. The topological polar surface area (TPSA) is 84.5 Å². The molecule has 0 bridgehead atoms. The lowest BCUT2D eigenvalue weighted by Crippen LogP contribution is -2.41. The quantitative estimate of drug-likeness (QED) is 0.778. The molecule has 1 amide bonds. The molecule has 1 atom stereocenters. The summed E-state index contributed by atoms with van der Waals surface area (Å²) < 4.78 is 32.6. The van der Waals surface area contributed by atoms with Crippen molar-refractivity contribution in [2.45, 2.75) is 38.6 Å². The molecule has 0 heterocycles. The van der Waals surface area contributed by atoms with E-state index in [9.17, 15) is 13.2 Å². The predicted molar refractivity (Wildman–Crippen MR) is 102 cm³/mol. The molecule has 0 unspecified atom stereocenters. The summed E-state index contributed by atoms with van der Waals surface area (Å²) in [5, 5.41) is 2.75. The van der Waals surface area contributed by atoms with Gasteiger partial charge in [-0.15, -0.1) is 0 Å². The molecule has 6 nitrogen and oxygen atoms in total. The highest BCUT2D eigenvalue weighted by Gasteiger charge is 2.22. The molecule has 140 valence electrons. The maximum Gasteiger partial charge on any atom is 0.242 e. The fourth-order valence-corrected chi connectivity index (χ4v) is 3.63. The smallest absolute Gasteiger partial charge is 0.242 e. The van der Waals surface area contributed by atoms with Crippen LogP contribution in [0.4, 0.5) is 5.69 Å². The second-order valence-corrected chi connectivity index (χ2v) is 7.77. The molecule has 0 saturated carbocycles. The molecule has 0 spiro atoms. The van der Waals surface area contributed by atoms with E-state index in [1.807, 2.05) is 32.9 Å². The van der Waals surface area contributed by atoms with Crippen molar-refractivity contribution in [3.05, 3.63) is 53.6 Å². The third-order valence-corrected chi connectivity index (χ3v) is 5.37. The van der Waals surface area contributed by atoms with E-state index in [-0.39, 0.29) is 4.90 Å². The van der Waals surface area contributed by atoms with Crippen molar-refractivity contribution in [1.29, 1.82) is 0 Å². The van der Waals surface area contributed by atoms with Gasteiger partial charge >= 0.3 is 0 Å². The van der Waals surface area contributed by atoms with Gasteiger partial charge in [-0.2, -0.15) is 4.72 Å². The minimum absolute atomic E-state index is 0.0760. The number of hydrogen-bond donors (Lipinski definition) is 2. The zero-order valence-corrected chi connectivity index (χ0v) is 16.2. The Hall–Kier alpha value is -2.38. The van der Waals surface area contributed by atoms with E-state index in [2.05, 4.69) is 10.0 Å². The van der Waals surface area contributed by atoms with Crippen molar-refractivity contribution >= 4 is 21.6 Å². The summed E-state index contributed by atoms with van der Waals surface area (Å²) in [6, 6.07) is 10.8. The van der Waals surface area contributed by atoms with Crippen molar-refractivity contribution in [1.82, 2.24) is 4.72 Å². The van der Waals surface area contributed by atoms with Gasteiger partial charge in [0.15, 0.2) is 0 Å². The highest BCUT2D eigenvalue weighted by Crippen LogP contribution is 2.18. The number of amides is 1. The Balaban J connectivity index is 2.06. The first kappa shape index (κ1) is 19.9. The van der Waals surface area contributed by atoms with Crippen LogP contribution in [0, 0.1) is 13.8 Å². The predicted octanol–water partition coefficient (Wildman–Crippen LogP) is 3.01. The summed E-state index contributed by atoms with van der Waals surface area (Å²) in [6.07, 6.45) is 0. The second-order valence-electron chi connectivity index (χ2n) is 6.06. The number of nitrogens with one attached hydrogen (secondary N) is 2. The summed E-state index contributed by atoms with van der Waals surface area (Å²) in [6.45, 7) is 7.71. The Bertz CT molecular complexity index is 877. The van der Waals surface area contributed by atoms with Gasteiger partial charge in [-0.3, -0.25) is 4.79 Å². The first-order valence-electron chi connectivity index (χ1n) is 8.36. The molecule has 2 aromatic rings. The molecule has 0 fully saturated rings. The van der Waals surface area contributed by atoms with Gasteiger partial charge in [-0.25, -0.2) is 8.42 Å². The number of anilines is 1. The molecular weight excluding hydrogens is 352 g/mol. The van der Waals surface area contributed by atoms with E-state index in [1.165, 1.54) is 19.1 Å². The van der Waals surface area contributed by atoms with Crippen LogP contribution in [-0.2, 0) is 14.8 Å². The fourth-order valence-electron chi connectivity index (χ4n) is 2.43. The zero-order valence-electron chi connectivity index (χ0n) is 15.4. The highest BCUT2D eigenvalue weighted by molar-refractivity contribution is 7.89. The standard InChI is InChI=1S/C19H24N2O4S/c1-5-25-16-7-9-17(10-8-16)26(23,24)21-15(4)19(22)20-18-11-6-13(2)12-14(18)3/h6-12,15,21H,5H2,1-4H3,(H,20,22)/t15-/m0/s1. The van der Waals surface area contributed by atoms with Gasteiger partial charge in [-0.05, 0) is 63.6 Å². The monoisotopic (exact) mass is 376 g/mol. The minimum atomic E-state index is -3.81. The van der Waals surface area contributed by atoms with Gasteiger partial charge in [0.1, 0.15) is 5.75 Å². The van der Waals surface area contributed by atoms with Crippen LogP contribution in [0.25, 0.3) is 0 Å². The Morgan fingerprint density at radius 3 is 2.35 bits per heavy atom. The van der Waals surface area contributed by atoms with Crippen molar-refractivity contribution in [2.24, 2.45) is 0 Å². The fraction of sp³-hybridized carbons (Fsp3) is 0.316. The lowest BCUT2D eigenvalue weighted by Gasteiger charge is -2.16. The third-order valence-electron chi connectivity index (χ3n) is 3.81. The first-order valence-corrected chi connectivity index (χ1v) is 9.84. The lowest BCUT2D eigenvalue weighted by molar-refractivity contribution is -0.117. The maximum absolute atomic E-state index is 12.4. The molecule has 0 aliphatic carbocycles. The Labute approximate surface area is 154 Å². The molecule has 0 aliphatic heterocycles. The van der Waals surface area contributed by atoms with Crippen molar-refractivity contribution in [3.8, 4) is 5.75 Å². The third kappa shape index (κ3) is 5.06. The Morgan fingerprint density at radius 1 is 1.12 bits per heavy atom. The van der Waals surface area contributed by atoms with Crippen LogP contribution in [0.1, 0.15) is 25.0 Å². The number of aryl methyl sites for hydroxylation is 2. The van der Waals surface area contributed by atoms with Crippen LogP contribution < -0.4 is 14.8 Å². The number of sulfonamides is 1. The van der Waals surface area contributed by atoms with Crippen LogP contribution in [0.2, 0.25) is 0 Å². The van der Waals surface area contributed by atoms with E-state index in [4.69, 9.17) is 4.74 Å². The molecule has 2 N–H and O–H groups in total. The average molecular weight is 376 g/mol. The van der Waals surface area contributed by atoms with E-state index >= 15 is 0 Å². The maximum atomic E-state index is 12.4. The van der Waals surface area contributed by atoms with Gasteiger partial charge in [-0.1, -0.05) is 17.7 Å². The van der Waals surface area contributed by atoms with Crippen LogP contribution in [0.3, 0.4) is 0 Å². The van der Waals surface area contributed by atoms with Crippen LogP contribution in [0.5, 0.6) is 5.75 Å². The number of hydrogen-bond acceptors (Lipinski definition) is 4. The zero-order chi connectivity index (χ0) is 19.3. The van der Waals surface area contributed by atoms with Crippen molar-refractivity contribution in [3.63, 3.8) is 0 Å². The van der Waals surface area contributed by atoms with E-state index in [1.54, 1.807) is 18.2 Å². The minimum Gasteiger partial charge on any atom is -0.494 e. The largest absolute Gasteiger partial charge is 0.494 e. The number of ether oxygens (including phenoxy) is 1. The van der Waals surface area contributed by atoms with Gasteiger partial charge in [0, 0.05) is 5.69 Å². The van der Waals surface area contributed by atoms with Gasteiger partial charge < -0.3 is 10.1 Å². The molecule has 7 heteroatoms. The molecule has 2 aromatic carbocycles. The van der Waals surface area contributed by atoms with Gasteiger partial charge in [0.05, 0.1) is 17.5 Å². The number of rotatable bonds is 7. The van der Waals surface area contributed by atoms with Crippen molar-refractivity contribution in [2.75, 3.05) is 11.9 Å². The van der Waals surface area contributed by atoms with Crippen molar-refractivity contribution < 1.29 is 17.9 Å². The van der Waals surface area contributed by atoms with Crippen LogP contribution >= 0.6 is 0 Å². The SMILES string of the molecule is CCOc1ccc(S(=O)(=O)N[C@@H](C)C(=O)Nc2ccc(C)cc2C)cc1. The first-order chi connectivity index (χ1) is 12.2. The van der Waals surface area contributed by atoms with Gasteiger partial charge in [0.2, 0.25) is 15.9 Å². The molecule has 0 radical (unpaired) electrons. The molecular formula is C19H24N2O4S. The Kier molecular flexibility index (Phi) is 6.39. The molecule has 0 saturated heterocycles. The average Bonchev–Trinajstić information content (AvgIpc) is 2.57. The summed E-state index contributed by atoms with van der Waals surface area (Å²) in [5.41, 5.74) is 2.66. The Morgan fingerprint density at radius 2 is 1.77 bits per heavy atom. The summed E-state index contributed by atoms with van der Waals surface area (Å²) in [5.74, 6) is 0.165. The number of carbonyl (C=O) groups excluding carboxylic acids is 1. The highest BCUT2D eigenvalue weighted by atomic mass is 32.2. The van der Waals surface area contributed by atoms with E-state index < -0.39 is 22.0 Å². The normalized spacial score (nSPS) is 12.5. The summed E-state index contributed by atoms with van der Waals surface area (Å²) in [7, 11) is -3.81. The molecule has 0 aliphatic rings. The van der Waals surface area contributed by atoms with E-state index in [0.717, 1.165) is 11.1 Å². The molecule has 2 rings (SSSR count). The van der Waals surface area contributed by atoms with Crippen LogP contribution in [0.15, 0.2) is 47.4 Å². The second kappa shape index (κ2) is 8.33. The van der Waals surface area contributed by atoms with Gasteiger partial charge in [0.25, 0.3) is 0 Å². The lowest BCUT2D eigenvalue weighted by atomic mass is 10.1. The summed E-state index contributed by atoms with van der Waals surface area (Å²) in [4.78, 5) is 12.4. The number of benzene rings is 2. The number of carbonyl (C=O) groups is 1. The molecule has 0 aromatic heterocycles.